The number of rotatable bonds is 6. The molecule has 4 rings (SSSR count). The standard InChI is InChI=1S/C30H41N5O4/c1-30(2,3)39-29(38)35-15-13-20(14-16-35)17-22(19-31)32-27(36)23-10-6-7-11-24(23)33-28(37)26-18-21-9-5-8-12-25(21)34(26)4/h5,8-9,12,18,20,22-24H,6-7,10-11,13-17H2,1-4H3,(H,32,36)(H,33,37). The third-order valence-electron chi connectivity index (χ3n) is 7.91. The topological polar surface area (TPSA) is 116 Å². The van der Waals surface area contributed by atoms with E-state index in [1.54, 1.807) is 4.90 Å². The van der Waals surface area contributed by atoms with Crippen LogP contribution in [0.5, 0.6) is 0 Å². The van der Waals surface area contributed by atoms with Gasteiger partial charge in [0, 0.05) is 37.1 Å². The molecule has 0 bridgehead atoms. The van der Waals surface area contributed by atoms with Crippen LogP contribution in [-0.2, 0) is 16.6 Å². The van der Waals surface area contributed by atoms with Crippen molar-refractivity contribution in [1.29, 1.82) is 5.26 Å². The molecule has 1 aliphatic carbocycles. The Hall–Kier alpha value is -3.54. The molecule has 1 saturated carbocycles. The molecule has 0 spiro atoms. The van der Waals surface area contributed by atoms with Crippen molar-refractivity contribution in [1.82, 2.24) is 20.1 Å². The SMILES string of the molecule is Cn1c(C(=O)NC2CCCCC2C(=O)NC(C#N)CC2CCN(C(=O)OC(C)(C)C)CC2)cc2ccccc21. The summed E-state index contributed by atoms with van der Waals surface area (Å²) in [6, 6.07) is 11.1. The van der Waals surface area contributed by atoms with Gasteiger partial charge in [-0.1, -0.05) is 31.0 Å². The lowest BCUT2D eigenvalue weighted by atomic mass is 9.83. The zero-order chi connectivity index (χ0) is 28.2. The molecule has 210 valence electrons. The molecule has 9 nitrogen and oxygen atoms in total. The molecular weight excluding hydrogens is 494 g/mol. The van der Waals surface area contributed by atoms with Gasteiger partial charge in [-0.3, -0.25) is 9.59 Å². The van der Waals surface area contributed by atoms with E-state index >= 15 is 0 Å². The highest BCUT2D eigenvalue weighted by Gasteiger charge is 2.35. The Morgan fingerprint density at radius 2 is 1.79 bits per heavy atom. The number of benzene rings is 1. The van der Waals surface area contributed by atoms with E-state index in [0.717, 1.165) is 43.0 Å². The van der Waals surface area contributed by atoms with Crippen molar-refractivity contribution in [2.75, 3.05) is 13.1 Å². The summed E-state index contributed by atoms with van der Waals surface area (Å²) < 4.78 is 7.35. The first-order valence-corrected chi connectivity index (χ1v) is 14.1. The van der Waals surface area contributed by atoms with Gasteiger partial charge in [0.25, 0.3) is 5.91 Å². The van der Waals surface area contributed by atoms with Crippen LogP contribution in [0.4, 0.5) is 4.79 Å². The Bertz CT molecular complexity index is 1230. The molecule has 2 aliphatic rings. The van der Waals surface area contributed by atoms with Crippen LogP contribution in [0.1, 0.15) is 76.2 Å². The van der Waals surface area contributed by atoms with Crippen LogP contribution in [-0.4, -0.2) is 58.1 Å². The molecule has 39 heavy (non-hydrogen) atoms. The number of aromatic nitrogens is 1. The van der Waals surface area contributed by atoms with Crippen molar-refractivity contribution in [3.63, 3.8) is 0 Å². The van der Waals surface area contributed by atoms with Gasteiger partial charge in [0.1, 0.15) is 17.3 Å². The smallest absolute Gasteiger partial charge is 0.410 e. The van der Waals surface area contributed by atoms with E-state index < -0.39 is 11.6 Å². The highest BCUT2D eigenvalue weighted by atomic mass is 16.6. The number of nitrogens with one attached hydrogen (secondary N) is 2. The highest BCUT2D eigenvalue weighted by Crippen LogP contribution is 2.27. The van der Waals surface area contributed by atoms with E-state index in [9.17, 15) is 19.6 Å². The fraction of sp³-hybridized carbons (Fsp3) is 0.600. The summed E-state index contributed by atoms with van der Waals surface area (Å²) in [4.78, 5) is 40.6. The molecule has 1 aromatic carbocycles. The van der Waals surface area contributed by atoms with Gasteiger partial charge in [0.2, 0.25) is 5.91 Å². The van der Waals surface area contributed by atoms with Crippen molar-refractivity contribution in [3.05, 3.63) is 36.0 Å². The number of nitrogens with zero attached hydrogens (tertiary/aromatic N) is 3. The molecule has 1 saturated heterocycles. The molecule has 1 aromatic heterocycles. The maximum Gasteiger partial charge on any atom is 0.410 e. The van der Waals surface area contributed by atoms with E-state index in [0.29, 0.717) is 31.6 Å². The quantitative estimate of drug-likeness (QED) is 0.564. The number of para-hydroxylation sites is 1. The molecule has 9 heteroatoms. The minimum Gasteiger partial charge on any atom is -0.444 e. The number of ether oxygens (including phenoxy) is 1. The predicted octanol–water partition coefficient (Wildman–Crippen LogP) is 4.51. The fourth-order valence-electron chi connectivity index (χ4n) is 5.80. The Morgan fingerprint density at radius 1 is 1.10 bits per heavy atom. The number of likely N-dealkylation sites (tertiary alicyclic amines) is 1. The first-order chi connectivity index (χ1) is 18.6. The first kappa shape index (κ1) is 28.5. The maximum absolute atomic E-state index is 13.3. The predicted molar refractivity (Wildman–Crippen MR) is 149 cm³/mol. The van der Waals surface area contributed by atoms with E-state index in [1.165, 1.54) is 0 Å². The number of piperidine rings is 1. The van der Waals surface area contributed by atoms with Crippen LogP contribution < -0.4 is 10.6 Å². The zero-order valence-corrected chi connectivity index (χ0v) is 23.5. The van der Waals surface area contributed by atoms with Crippen molar-refractivity contribution < 1.29 is 19.1 Å². The third kappa shape index (κ3) is 7.11. The average Bonchev–Trinajstić information content (AvgIpc) is 3.24. The van der Waals surface area contributed by atoms with Crippen LogP contribution in [0.3, 0.4) is 0 Å². The van der Waals surface area contributed by atoms with Crippen molar-refractivity contribution >= 4 is 28.8 Å². The Balaban J connectivity index is 1.32. The Labute approximate surface area is 230 Å². The lowest BCUT2D eigenvalue weighted by molar-refractivity contribution is -0.127. The lowest BCUT2D eigenvalue weighted by Crippen LogP contribution is -2.50. The van der Waals surface area contributed by atoms with E-state index in [2.05, 4.69) is 16.7 Å². The van der Waals surface area contributed by atoms with Crippen molar-refractivity contribution in [2.45, 2.75) is 83.4 Å². The molecule has 2 fully saturated rings. The molecular formula is C30H41N5O4. The summed E-state index contributed by atoms with van der Waals surface area (Å²) in [5.74, 6) is -0.494. The number of amides is 3. The molecule has 3 amide bonds. The van der Waals surface area contributed by atoms with Gasteiger partial charge in [-0.05, 0) is 70.9 Å². The maximum atomic E-state index is 13.3. The van der Waals surface area contributed by atoms with Crippen LogP contribution in [0.15, 0.2) is 30.3 Å². The number of hydrogen-bond acceptors (Lipinski definition) is 5. The highest BCUT2D eigenvalue weighted by molar-refractivity contribution is 5.99. The number of hydrogen-bond donors (Lipinski definition) is 2. The van der Waals surface area contributed by atoms with Gasteiger partial charge < -0.3 is 24.8 Å². The Morgan fingerprint density at radius 3 is 2.46 bits per heavy atom. The molecule has 2 heterocycles. The second-order valence-electron chi connectivity index (χ2n) is 12.0. The van der Waals surface area contributed by atoms with Gasteiger partial charge in [-0.15, -0.1) is 0 Å². The van der Waals surface area contributed by atoms with Gasteiger partial charge in [-0.2, -0.15) is 5.26 Å². The largest absolute Gasteiger partial charge is 0.444 e. The normalized spacial score (nSPS) is 21.2. The van der Waals surface area contributed by atoms with E-state index in [1.807, 2.05) is 62.7 Å². The molecule has 0 radical (unpaired) electrons. The van der Waals surface area contributed by atoms with E-state index in [-0.39, 0.29) is 35.8 Å². The summed E-state index contributed by atoms with van der Waals surface area (Å²) in [7, 11) is 1.87. The molecule has 3 atom stereocenters. The van der Waals surface area contributed by atoms with Gasteiger partial charge >= 0.3 is 6.09 Å². The summed E-state index contributed by atoms with van der Waals surface area (Å²) in [6.07, 6.45) is 5.04. The van der Waals surface area contributed by atoms with Gasteiger partial charge in [-0.25, -0.2) is 4.79 Å². The molecule has 3 unspecified atom stereocenters. The van der Waals surface area contributed by atoms with Crippen LogP contribution in [0.25, 0.3) is 10.9 Å². The van der Waals surface area contributed by atoms with Crippen LogP contribution >= 0.6 is 0 Å². The Kier molecular flexibility index (Phi) is 8.83. The number of carbonyl (C=O) groups excluding carboxylic acids is 3. The minimum absolute atomic E-state index is 0.171. The number of aryl methyl sites for hydroxylation is 1. The molecule has 1 aliphatic heterocycles. The summed E-state index contributed by atoms with van der Waals surface area (Å²) in [6.45, 7) is 6.71. The number of fused-ring (bicyclic) bond motifs is 1. The van der Waals surface area contributed by atoms with Crippen molar-refractivity contribution in [2.24, 2.45) is 18.9 Å². The third-order valence-corrected chi connectivity index (χ3v) is 7.91. The molecule has 2 N–H and O–H groups in total. The number of carbonyl (C=O) groups is 3. The fourth-order valence-corrected chi connectivity index (χ4v) is 5.80. The van der Waals surface area contributed by atoms with Crippen molar-refractivity contribution in [3.8, 4) is 6.07 Å². The summed E-state index contributed by atoms with van der Waals surface area (Å²) in [5, 5.41) is 16.9. The van der Waals surface area contributed by atoms with Gasteiger partial charge in [0.05, 0.1) is 12.0 Å². The monoisotopic (exact) mass is 535 g/mol. The lowest BCUT2D eigenvalue weighted by Gasteiger charge is -2.34. The van der Waals surface area contributed by atoms with Gasteiger partial charge in [0.15, 0.2) is 0 Å². The number of nitriles is 1. The average molecular weight is 536 g/mol. The van der Waals surface area contributed by atoms with Crippen LogP contribution in [0, 0.1) is 23.2 Å². The zero-order valence-electron chi connectivity index (χ0n) is 23.5. The summed E-state index contributed by atoms with van der Waals surface area (Å²) in [5.41, 5.74) is 1.01. The minimum atomic E-state index is -0.605. The first-order valence-electron chi connectivity index (χ1n) is 14.1. The molecule has 2 aromatic rings. The second kappa shape index (κ2) is 12.1. The van der Waals surface area contributed by atoms with E-state index in [4.69, 9.17) is 4.74 Å². The summed E-state index contributed by atoms with van der Waals surface area (Å²) >= 11 is 0. The second-order valence-corrected chi connectivity index (χ2v) is 12.0. The van der Waals surface area contributed by atoms with Crippen LogP contribution in [0.2, 0.25) is 0 Å².